The van der Waals surface area contributed by atoms with E-state index in [9.17, 15) is 9.59 Å². The second-order valence-electron chi connectivity index (χ2n) is 7.99. The Hall–Kier alpha value is -3.52. The lowest BCUT2D eigenvalue weighted by molar-refractivity contribution is -0.163. The van der Waals surface area contributed by atoms with Crippen LogP contribution in [0.4, 0.5) is 0 Å². The summed E-state index contributed by atoms with van der Waals surface area (Å²) >= 11 is 0. The topological polar surface area (TPSA) is 76.3 Å². The van der Waals surface area contributed by atoms with Crippen LogP contribution < -0.4 is 0 Å². The van der Waals surface area contributed by atoms with Crippen LogP contribution in [0.1, 0.15) is 44.5 Å². The second-order valence-corrected chi connectivity index (χ2v) is 7.99. The largest absolute Gasteiger partial charge is 0.336 e. The van der Waals surface area contributed by atoms with Crippen LogP contribution in [-0.4, -0.2) is 54.3 Å². The Morgan fingerprint density at radius 2 is 1.38 bits per heavy atom. The van der Waals surface area contributed by atoms with E-state index in [-0.39, 0.29) is 11.8 Å². The number of aromatic nitrogens is 4. The molecule has 168 valence electrons. The Morgan fingerprint density at radius 3 is 1.69 bits per heavy atom. The molecule has 0 saturated heterocycles. The molecule has 8 heteroatoms. The highest BCUT2D eigenvalue weighted by atomic mass is 16.2. The summed E-state index contributed by atoms with van der Waals surface area (Å²) in [4.78, 5) is 30.6. The smallest absolute Gasteiger partial charge is 0.238 e. The van der Waals surface area contributed by atoms with Gasteiger partial charge in [0.05, 0.1) is 24.5 Å². The minimum atomic E-state index is -1.01. The summed E-state index contributed by atoms with van der Waals surface area (Å²) in [5, 5.41) is 8.85. The van der Waals surface area contributed by atoms with Crippen LogP contribution in [0.2, 0.25) is 0 Å². The lowest BCUT2D eigenvalue weighted by atomic mass is 9.66. The van der Waals surface area contributed by atoms with Crippen LogP contribution in [0.15, 0.2) is 24.5 Å². The number of carbonyl (C=O) groups excluding carboxylic acids is 2. The van der Waals surface area contributed by atoms with Crippen molar-refractivity contribution in [1.29, 1.82) is 0 Å². The molecule has 3 rings (SSSR count). The standard InChI is InChI=1S/C24H30N6O2/c1-5-14-29-16-10-20(25-29)18-27(7-3)22(31)24(12-9-13-24)23(32)28(8-4)19-21-11-17-30(26-21)15-6-2/h1-2,10-11,16-17H,7-9,12-15,18-19H2,3-4H3. The van der Waals surface area contributed by atoms with Crippen molar-refractivity contribution in [2.45, 2.75) is 59.3 Å². The predicted octanol–water partition coefficient (Wildman–Crippen LogP) is 1.91. The van der Waals surface area contributed by atoms with Crippen LogP contribution in [0.5, 0.6) is 0 Å². The zero-order chi connectivity index (χ0) is 23.1. The van der Waals surface area contributed by atoms with Gasteiger partial charge in [-0.25, -0.2) is 0 Å². The van der Waals surface area contributed by atoms with Crippen LogP contribution in [0, 0.1) is 30.1 Å². The maximum Gasteiger partial charge on any atom is 0.238 e. The third-order valence-electron chi connectivity index (χ3n) is 5.97. The van der Waals surface area contributed by atoms with Gasteiger partial charge in [0.15, 0.2) is 0 Å². The van der Waals surface area contributed by atoms with Gasteiger partial charge in [-0.1, -0.05) is 18.3 Å². The van der Waals surface area contributed by atoms with Gasteiger partial charge < -0.3 is 9.80 Å². The first-order valence-corrected chi connectivity index (χ1v) is 11.0. The first-order valence-electron chi connectivity index (χ1n) is 11.0. The lowest BCUT2D eigenvalue weighted by Gasteiger charge is -2.44. The summed E-state index contributed by atoms with van der Waals surface area (Å²) in [6.45, 7) is 6.30. The first kappa shape index (κ1) is 23.1. The molecule has 0 radical (unpaired) electrons. The third kappa shape index (κ3) is 4.70. The monoisotopic (exact) mass is 434 g/mol. The van der Waals surface area contributed by atoms with E-state index in [1.165, 1.54) is 0 Å². The van der Waals surface area contributed by atoms with Gasteiger partial charge in [-0.05, 0) is 38.8 Å². The van der Waals surface area contributed by atoms with Gasteiger partial charge in [0.2, 0.25) is 11.8 Å². The van der Waals surface area contributed by atoms with E-state index in [2.05, 4.69) is 22.0 Å². The van der Waals surface area contributed by atoms with Crippen molar-refractivity contribution < 1.29 is 9.59 Å². The molecule has 1 fully saturated rings. The second kappa shape index (κ2) is 10.2. The number of hydrogen-bond donors (Lipinski definition) is 0. The van der Waals surface area contributed by atoms with Crippen LogP contribution >= 0.6 is 0 Å². The van der Waals surface area contributed by atoms with Gasteiger partial charge in [0.25, 0.3) is 0 Å². The lowest BCUT2D eigenvalue weighted by Crippen LogP contribution is -2.57. The van der Waals surface area contributed by atoms with E-state index in [0.29, 0.717) is 52.1 Å². The Bertz CT molecular complexity index is 955. The Labute approximate surface area is 189 Å². The fraction of sp³-hybridized carbons (Fsp3) is 0.500. The van der Waals surface area contributed by atoms with Gasteiger partial charge >= 0.3 is 0 Å². The summed E-state index contributed by atoms with van der Waals surface area (Å²) in [5.74, 6) is 4.84. The molecule has 0 spiro atoms. The molecule has 0 unspecified atom stereocenters. The fourth-order valence-electron chi connectivity index (χ4n) is 4.04. The van der Waals surface area contributed by atoms with Gasteiger partial charge in [0, 0.05) is 25.5 Å². The molecule has 1 saturated carbocycles. The Kier molecular flexibility index (Phi) is 7.37. The maximum atomic E-state index is 13.6. The van der Waals surface area contributed by atoms with Crippen molar-refractivity contribution >= 4 is 11.8 Å². The third-order valence-corrected chi connectivity index (χ3v) is 5.97. The van der Waals surface area contributed by atoms with Crippen LogP contribution in [0.25, 0.3) is 0 Å². The van der Waals surface area contributed by atoms with Crippen molar-refractivity contribution in [3.05, 3.63) is 35.9 Å². The van der Waals surface area contributed by atoms with Gasteiger partial charge in [-0.3, -0.25) is 19.0 Å². The molecule has 2 heterocycles. The number of amides is 2. The van der Waals surface area contributed by atoms with Crippen LogP contribution in [-0.2, 0) is 35.8 Å². The Morgan fingerprint density at radius 1 is 0.938 bits per heavy atom. The molecule has 0 bridgehead atoms. The van der Waals surface area contributed by atoms with Gasteiger partial charge in [-0.15, -0.1) is 12.8 Å². The fourth-order valence-corrected chi connectivity index (χ4v) is 4.04. The molecule has 2 aromatic heterocycles. The minimum absolute atomic E-state index is 0.126. The van der Waals surface area contributed by atoms with Gasteiger partial charge in [0.1, 0.15) is 18.5 Å². The van der Waals surface area contributed by atoms with Crippen molar-refractivity contribution in [2.24, 2.45) is 5.41 Å². The molecule has 2 amide bonds. The summed E-state index contributed by atoms with van der Waals surface area (Å²) < 4.78 is 3.33. The number of terminal acetylenes is 2. The zero-order valence-electron chi connectivity index (χ0n) is 18.8. The van der Waals surface area contributed by atoms with E-state index in [4.69, 9.17) is 12.8 Å². The van der Waals surface area contributed by atoms with E-state index in [1.807, 2.05) is 26.0 Å². The summed E-state index contributed by atoms with van der Waals surface area (Å²) in [7, 11) is 0. The molecule has 8 nitrogen and oxygen atoms in total. The average molecular weight is 435 g/mol. The Balaban J connectivity index is 1.74. The van der Waals surface area contributed by atoms with Gasteiger partial charge in [-0.2, -0.15) is 10.2 Å². The number of nitrogens with zero attached hydrogens (tertiary/aromatic N) is 6. The molecule has 0 atom stereocenters. The quantitative estimate of drug-likeness (QED) is 0.423. The molecule has 32 heavy (non-hydrogen) atoms. The molecule has 0 aliphatic heterocycles. The minimum Gasteiger partial charge on any atom is -0.336 e. The summed E-state index contributed by atoms with van der Waals surface area (Å²) in [6.07, 6.45) is 16.3. The first-order chi connectivity index (χ1) is 15.5. The molecule has 1 aliphatic rings. The van der Waals surface area contributed by atoms with E-state index in [1.54, 1.807) is 31.6 Å². The molecular formula is C24H30N6O2. The van der Waals surface area contributed by atoms with E-state index < -0.39 is 5.41 Å². The number of rotatable bonds is 10. The predicted molar refractivity (Wildman–Crippen MR) is 121 cm³/mol. The molecule has 0 N–H and O–H groups in total. The summed E-state index contributed by atoms with van der Waals surface area (Å²) in [5.41, 5.74) is 0.502. The zero-order valence-corrected chi connectivity index (χ0v) is 18.8. The highest BCUT2D eigenvalue weighted by molar-refractivity contribution is 6.05. The van der Waals surface area contributed by atoms with Crippen LogP contribution in [0.3, 0.4) is 0 Å². The average Bonchev–Trinajstić information content (AvgIpc) is 3.39. The highest BCUT2D eigenvalue weighted by Crippen LogP contribution is 2.44. The van der Waals surface area contributed by atoms with Crippen molar-refractivity contribution in [2.75, 3.05) is 13.1 Å². The van der Waals surface area contributed by atoms with E-state index >= 15 is 0 Å². The SMILES string of the molecule is C#CCn1ccc(CN(CC)C(=O)C2(C(=O)N(CC)Cc3ccn(CC#C)n3)CCC2)n1. The normalized spacial score (nSPS) is 14.1. The number of carbonyl (C=O) groups is 2. The highest BCUT2D eigenvalue weighted by Gasteiger charge is 2.53. The van der Waals surface area contributed by atoms with E-state index in [0.717, 1.165) is 17.8 Å². The summed E-state index contributed by atoms with van der Waals surface area (Å²) in [6, 6.07) is 3.71. The van der Waals surface area contributed by atoms with Crippen molar-refractivity contribution in [1.82, 2.24) is 29.4 Å². The van der Waals surface area contributed by atoms with Crippen molar-refractivity contribution in [3.63, 3.8) is 0 Å². The maximum absolute atomic E-state index is 13.6. The molecule has 0 aromatic carbocycles. The molecule has 2 aromatic rings. The number of hydrogen-bond acceptors (Lipinski definition) is 4. The molecule has 1 aliphatic carbocycles. The molecular weight excluding hydrogens is 404 g/mol. The van der Waals surface area contributed by atoms with Crippen molar-refractivity contribution in [3.8, 4) is 24.7 Å².